The van der Waals surface area contributed by atoms with Crippen molar-refractivity contribution in [1.82, 2.24) is 14.9 Å². The van der Waals surface area contributed by atoms with Crippen LogP contribution in [0.2, 0.25) is 0 Å². The lowest BCUT2D eigenvalue weighted by Gasteiger charge is -2.35. The van der Waals surface area contributed by atoms with Crippen LogP contribution < -0.4 is 14.4 Å². The average molecular weight is 433 g/mol. The minimum absolute atomic E-state index is 0.0105. The van der Waals surface area contributed by atoms with Crippen LogP contribution in [-0.4, -0.2) is 60.2 Å². The van der Waals surface area contributed by atoms with Crippen LogP contribution in [0.3, 0.4) is 0 Å². The number of ether oxygens (including phenoxy) is 2. The van der Waals surface area contributed by atoms with Gasteiger partial charge >= 0.3 is 0 Å². The Labute approximate surface area is 188 Å². The Hall–Kier alpha value is -3.61. The van der Waals surface area contributed by atoms with E-state index < -0.39 is 0 Å². The van der Waals surface area contributed by atoms with Gasteiger partial charge in [-0.15, -0.1) is 0 Å². The Kier molecular flexibility index (Phi) is 7.17. The molecule has 1 saturated heterocycles. The molecule has 1 aliphatic rings. The maximum absolute atomic E-state index is 12.6. The molecule has 0 bridgehead atoms. The Bertz CT molecular complexity index is 1000. The summed E-state index contributed by atoms with van der Waals surface area (Å²) in [4.78, 5) is 25.7. The van der Waals surface area contributed by atoms with Crippen LogP contribution in [0.5, 0.6) is 11.5 Å². The van der Waals surface area contributed by atoms with E-state index in [1.54, 1.807) is 6.20 Å². The summed E-state index contributed by atoms with van der Waals surface area (Å²) in [6.07, 6.45) is 2.75. The van der Waals surface area contributed by atoms with Crippen molar-refractivity contribution in [2.75, 3.05) is 44.3 Å². The van der Waals surface area contributed by atoms with E-state index in [1.807, 2.05) is 65.6 Å². The number of rotatable bonds is 8. The van der Waals surface area contributed by atoms with Crippen LogP contribution in [0.25, 0.3) is 11.4 Å². The second-order valence-electron chi connectivity index (χ2n) is 7.58. The molecule has 166 valence electrons. The average Bonchev–Trinajstić information content (AvgIpc) is 2.87. The molecule has 1 fully saturated rings. The molecule has 7 nitrogen and oxygen atoms in total. The number of hydrogen-bond donors (Lipinski definition) is 0. The van der Waals surface area contributed by atoms with Crippen molar-refractivity contribution >= 4 is 11.7 Å². The summed E-state index contributed by atoms with van der Waals surface area (Å²) in [7, 11) is 0. The van der Waals surface area contributed by atoms with Gasteiger partial charge in [-0.25, -0.2) is 9.97 Å². The number of aromatic nitrogens is 2. The molecule has 0 N–H and O–H groups in total. The van der Waals surface area contributed by atoms with E-state index in [4.69, 9.17) is 14.5 Å². The fourth-order valence-electron chi connectivity index (χ4n) is 3.52. The first kappa shape index (κ1) is 21.6. The minimum atomic E-state index is -0.0105. The first-order chi connectivity index (χ1) is 15.7. The van der Waals surface area contributed by atoms with Crippen LogP contribution in [0.15, 0.2) is 66.9 Å². The highest BCUT2D eigenvalue weighted by Crippen LogP contribution is 2.20. The van der Waals surface area contributed by atoms with Gasteiger partial charge in [-0.2, -0.15) is 0 Å². The van der Waals surface area contributed by atoms with Crippen molar-refractivity contribution < 1.29 is 14.3 Å². The van der Waals surface area contributed by atoms with Crippen molar-refractivity contribution in [3.63, 3.8) is 0 Å². The molecule has 0 spiro atoms. The molecule has 0 saturated carbocycles. The Morgan fingerprint density at radius 3 is 2.28 bits per heavy atom. The predicted octanol–water partition coefficient (Wildman–Crippen LogP) is 3.66. The highest BCUT2D eigenvalue weighted by Gasteiger charge is 2.22. The number of carbonyl (C=O) groups excluding carboxylic acids is 1. The molecule has 32 heavy (non-hydrogen) atoms. The van der Waals surface area contributed by atoms with E-state index in [1.165, 1.54) is 0 Å². The van der Waals surface area contributed by atoms with Gasteiger partial charge in [0.1, 0.15) is 17.3 Å². The Morgan fingerprint density at radius 1 is 0.906 bits per heavy atom. The van der Waals surface area contributed by atoms with Gasteiger partial charge in [0, 0.05) is 37.9 Å². The van der Waals surface area contributed by atoms with Crippen molar-refractivity contribution in [3.05, 3.63) is 66.9 Å². The van der Waals surface area contributed by atoms with Gasteiger partial charge in [0.05, 0.1) is 6.61 Å². The Balaban J connectivity index is 1.27. The van der Waals surface area contributed by atoms with Gasteiger partial charge in [-0.1, -0.05) is 37.3 Å². The first-order valence-electron chi connectivity index (χ1n) is 11.0. The summed E-state index contributed by atoms with van der Waals surface area (Å²) in [6, 6.07) is 19.2. The van der Waals surface area contributed by atoms with Gasteiger partial charge in [-0.05, 0) is 36.8 Å². The molecular formula is C25H28N4O3. The number of amides is 1. The second-order valence-corrected chi connectivity index (χ2v) is 7.58. The largest absolute Gasteiger partial charge is 0.494 e. The van der Waals surface area contributed by atoms with E-state index in [0.29, 0.717) is 31.3 Å². The molecule has 3 aromatic rings. The van der Waals surface area contributed by atoms with Gasteiger partial charge in [0.25, 0.3) is 5.91 Å². The second kappa shape index (κ2) is 10.6. The zero-order valence-electron chi connectivity index (χ0n) is 18.3. The zero-order chi connectivity index (χ0) is 22.2. The number of anilines is 1. The standard InChI is InChI=1S/C25H28N4O3/c1-2-18-31-21-8-10-22(11-9-21)32-19-24(30)29-16-14-28(15-17-29)23-12-13-26-25(27-23)20-6-4-3-5-7-20/h3-13H,2,14-19H2,1H3. The normalized spacial score (nSPS) is 13.7. The maximum atomic E-state index is 12.6. The van der Waals surface area contributed by atoms with Crippen molar-refractivity contribution in [2.24, 2.45) is 0 Å². The summed E-state index contributed by atoms with van der Waals surface area (Å²) in [5.74, 6) is 3.05. The molecule has 2 aromatic carbocycles. The van der Waals surface area contributed by atoms with Crippen LogP contribution in [-0.2, 0) is 4.79 Å². The molecule has 4 rings (SSSR count). The highest BCUT2D eigenvalue weighted by atomic mass is 16.5. The molecule has 2 heterocycles. The summed E-state index contributed by atoms with van der Waals surface area (Å²) in [6.45, 7) is 5.50. The number of piperazine rings is 1. The summed E-state index contributed by atoms with van der Waals surface area (Å²) in [5, 5.41) is 0. The fraction of sp³-hybridized carbons (Fsp3) is 0.320. The molecule has 1 aromatic heterocycles. The number of hydrogen-bond acceptors (Lipinski definition) is 6. The molecule has 1 amide bonds. The lowest BCUT2D eigenvalue weighted by Crippen LogP contribution is -2.50. The van der Waals surface area contributed by atoms with E-state index in [9.17, 15) is 4.79 Å². The van der Waals surface area contributed by atoms with Crippen molar-refractivity contribution in [2.45, 2.75) is 13.3 Å². The van der Waals surface area contributed by atoms with Crippen LogP contribution in [0.4, 0.5) is 5.82 Å². The monoisotopic (exact) mass is 432 g/mol. The van der Waals surface area contributed by atoms with E-state index in [0.717, 1.165) is 36.6 Å². The number of benzene rings is 2. The van der Waals surface area contributed by atoms with Crippen LogP contribution in [0, 0.1) is 0 Å². The first-order valence-corrected chi connectivity index (χ1v) is 11.0. The third-order valence-electron chi connectivity index (χ3n) is 5.29. The molecule has 0 radical (unpaired) electrons. The minimum Gasteiger partial charge on any atom is -0.494 e. The van der Waals surface area contributed by atoms with Crippen molar-refractivity contribution in [1.29, 1.82) is 0 Å². The van der Waals surface area contributed by atoms with E-state index >= 15 is 0 Å². The molecule has 7 heteroatoms. The Morgan fingerprint density at radius 2 is 1.59 bits per heavy atom. The van der Waals surface area contributed by atoms with Gasteiger partial charge in [0.15, 0.2) is 12.4 Å². The van der Waals surface area contributed by atoms with Gasteiger partial charge in [-0.3, -0.25) is 4.79 Å². The van der Waals surface area contributed by atoms with E-state index in [-0.39, 0.29) is 12.5 Å². The van der Waals surface area contributed by atoms with Crippen LogP contribution in [0.1, 0.15) is 13.3 Å². The van der Waals surface area contributed by atoms with Crippen LogP contribution >= 0.6 is 0 Å². The quantitative estimate of drug-likeness (QED) is 0.541. The number of nitrogens with zero attached hydrogens (tertiary/aromatic N) is 4. The lowest BCUT2D eigenvalue weighted by atomic mass is 10.2. The summed E-state index contributed by atoms with van der Waals surface area (Å²) < 4.78 is 11.2. The summed E-state index contributed by atoms with van der Waals surface area (Å²) >= 11 is 0. The summed E-state index contributed by atoms with van der Waals surface area (Å²) in [5.41, 5.74) is 0.991. The molecular weight excluding hydrogens is 404 g/mol. The molecule has 1 aliphatic heterocycles. The fourth-order valence-corrected chi connectivity index (χ4v) is 3.52. The number of carbonyl (C=O) groups is 1. The molecule has 0 aliphatic carbocycles. The highest BCUT2D eigenvalue weighted by molar-refractivity contribution is 5.78. The lowest BCUT2D eigenvalue weighted by molar-refractivity contribution is -0.133. The maximum Gasteiger partial charge on any atom is 0.260 e. The topological polar surface area (TPSA) is 67.8 Å². The third-order valence-corrected chi connectivity index (χ3v) is 5.29. The van der Waals surface area contributed by atoms with Gasteiger partial charge in [0.2, 0.25) is 0 Å². The predicted molar refractivity (Wildman–Crippen MR) is 124 cm³/mol. The molecule has 0 unspecified atom stereocenters. The van der Waals surface area contributed by atoms with Gasteiger partial charge < -0.3 is 19.3 Å². The smallest absolute Gasteiger partial charge is 0.260 e. The SMILES string of the molecule is CCCOc1ccc(OCC(=O)N2CCN(c3ccnc(-c4ccccc4)n3)CC2)cc1. The zero-order valence-corrected chi connectivity index (χ0v) is 18.3. The van der Waals surface area contributed by atoms with Crippen molar-refractivity contribution in [3.8, 4) is 22.9 Å². The molecule has 0 atom stereocenters. The third kappa shape index (κ3) is 5.55. The van der Waals surface area contributed by atoms with E-state index in [2.05, 4.69) is 16.8 Å².